The number of carbonyl (C=O) groups is 2. The van der Waals surface area contributed by atoms with E-state index < -0.39 is 17.6 Å². The number of piperidine rings is 1. The number of hydrogen-bond acceptors (Lipinski definition) is 3. The van der Waals surface area contributed by atoms with Crippen LogP contribution in [0.4, 0.5) is 18.9 Å². The summed E-state index contributed by atoms with van der Waals surface area (Å²) in [5.41, 5.74) is -0.707. The van der Waals surface area contributed by atoms with Crippen molar-refractivity contribution in [3.63, 3.8) is 0 Å². The highest BCUT2D eigenvalue weighted by molar-refractivity contribution is 8.04. The van der Waals surface area contributed by atoms with E-state index in [1.165, 1.54) is 12.1 Å². The van der Waals surface area contributed by atoms with E-state index in [2.05, 4.69) is 5.32 Å². The lowest BCUT2D eigenvalue weighted by Gasteiger charge is -2.26. The largest absolute Gasteiger partial charge is 0.416 e. The van der Waals surface area contributed by atoms with Crippen molar-refractivity contribution in [3.05, 3.63) is 34.7 Å². The first kappa shape index (κ1) is 16.9. The third kappa shape index (κ3) is 3.58. The summed E-state index contributed by atoms with van der Waals surface area (Å²) in [6.45, 7) is 1.33. The predicted molar refractivity (Wildman–Crippen MR) is 84.4 cm³/mol. The summed E-state index contributed by atoms with van der Waals surface area (Å²) in [6.07, 6.45) is -0.226. The molecule has 3 rings (SSSR count). The molecule has 0 aromatic heterocycles. The van der Waals surface area contributed by atoms with E-state index in [-0.39, 0.29) is 16.5 Å². The van der Waals surface area contributed by atoms with E-state index >= 15 is 0 Å². The van der Waals surface area contributed by atoms with Gasteiger partial charge in [0.15, 0.2) is 0 Å². The van der Waals surface area contributed by atoms with Crippen LogP contribution in [0.2, 0.25) is 0 Å². The third-order valence-electron chi connectivity index (χ3n) is 3.92. The van der Waals surface area contributed by atoms with Crippen LogP contribution in [0.1, 0.15) is 24.8 Å². The molecule has 4 nitrogen and oxygen atoms in total. The lowest BCUT2D eigenvalue weighted by Crippen LogP contribution is -2.35. The Morgan fingerprint density at radius 3 is 2.58 bits per heavy atom. The van der Waals surface area contributed by atoms with Gasteiger partial charge in [0.25, 0.3) is 5.91 Å². The fourth-order valence-corrected chi connectivity index (χ4v) is 3.55. The SMILES string of the molecule is O=C1Nc2cc(C(F)(F)F)ccc2S/C1=C/C(=O)N1CCCCC1. The predicted octanol–water partition coefficient (Wildman–Crippen LogP) is 3.65. The topological polar surface area (TPSA) is 49.4 Å². The van der Waals surface area contributed by atoms with Crippen molar-refractivity contribution in [2.75, 3.05) is 18.4 Å². The number of rotatable bonds is 1. The number of amides is 2. The molecule has 1 aromatic rings. The fourth-order valence-electron chi connectivity index (χ4n) is 2.65. The molecule has 0 aliphatic carbocycles. The molecule has 0 unspecified atom stereocenters. The van der Waals surface area contributed by atoms with Crippen LogP contribution >= 0.6 is 11.8 Å². The number of halogens is 3. The van der Waals surface area contributed by atoms with E-state index in [1.807, 2.05) is 0 Å². The summed E-state index contributed by atoms with van der Waals surface area (Å²) in [4.78, 5) is 26.7. The van der Waals surface area contributed by atoms with Crippen LogP contribution < -0.4 is 5.32 Å². The number of likely N-dealkylation sites (tertiary alicyclic amines) is 1. The summed E-state index contributed by atoms with van der Waals surface area (Å²) < 4.78 is 38.2. The summed E-state index contributed by atoms with van der Waals surface area (Å²) in [7, 11) is 0. The first-order chi connectivity index (χ1) is 11.3. The van der Waals surface area contributed by atoms with Gasteiger partial charge in [-0.05, 0) is 37.5 Å². The molecule has 2 aliphatic heterocycles. The monoisotopic (exact) mass is 356 g/mol. The van der Waals surface area contributed by atoms with Gasteiger partial charge in [0.05, 0.1) is 16.2 Å². The van der Waals surface area contributed by atoms with Gasteiger partial charge in [0, 0.05) is 24.1 Å². The van der Waals surface area contributed by atoms with Gasteiger partial charge in [-0.2, -0.15) is 13.2 Å². The molecule has 0 radical (unpaired) electrons. The average Bonchev–Trinajstić information content (AvgIpc) is 2.55. The maximum absolute atomic E-state index is 12.7. The van der Waals surface area contributed by atoms with E-state index in [0.717, 1.165) is 43.2 Å². The minimum Gasteiger partial charge on any atom is -0.339 e. The Morgan fingerprint density at radius 2 is 1.92 bits per heavy atom. The average molecular weight is 356 g/mol. The number of alkyl halides is 3. The second kappa shape index (κ2) is 6.51. The molecular weight excluding hydrogens is 341 g/mol. The lowest BCUT2D eigenvalue weighted by atomic mass is 10.1. The van der Waals surface area contributed by atoms with Crippen LogP contribution in [0.5, 0.6) is 0 Å². The van der Waals surface area contributed by atoms with Crippen LogP contribution in [-0.4, -0.2) is 29.8 Å². The van der Waals surface area contributed by atoms with E-state index in [9.17, 15) is 22.8 Å². The maximum Gasteiger partial charge on any atom is 0.416 e. The van der Waals surface area contributed by atoms with Gasteiger partial charge in [-0.3, -0.25) is 9.59 Å². The van der Waals surface area contributed by atoms with E-state index in [4.69, 9.17) is 0 Å². The molecule has 0 spiro atoms. The zero-order valence-electron chi connectivity index (χ0n) is 12.7. The first-order valence-corrected chi connectivity index (χ1v) is 8.37. The van der Waals surface area contributed by atoms with Gasteiger partial charge in [-0.25, -0.2) is 0 Å². The number of hydrogen-bond donors (Lipinski definition) is 1. The fraction of sp³-hybridized carbons (Fsp3) is 0.375. The summed E-state index contributed by atoms with van der Waals surface area (Å²) in [5.74, 6) is -0.792. The molecule has 1 N–H and O–H groups in total. The van der Waals surface area contributed by atoms with Gasteiger partial charge < -0.3 is 10.2 Å². The highest BCUT2D eigenvalue weighted by Crippen LogP contribution is 2.41. The zero-order chi connectivity index (χ0) is 17.3. The summed E-state index contributed by atoms with van der Waals surface area (Å²) >= 11 is 1.01. The molecule has 1 aromatic carbocycles. The van der Waals surface area contributed by atoms with Crippen LogP contribution in [0.15, 0.2) is 34.1 Å². The molecule has 2 heterocycles. The molecule has 0 saturated carbocycles. The Labute approximate surface area is 141 Å². The zero-order valence-corrected chi connectivity index (χ0v) is 13.5. The van der Waals surface area contributed by atoms with Crippen molar-refractivity contribution in [2.45, 2.75) is 30.3 Å². The number of benzene rings is 1. The number of anilines is 1. The summed E-state index contributed by atoms with van der Waals surface area (Å²) in [5, 5.41) is 2.43. The van der Waals surface area contributed by atoms with Crippen LogP contribution in [0.25, 0.3) is 0 Å². The van der Waals surface area contributed by atoms with E-state index in [1.54, 1.807) is 4.90 Å². The van der Waals surface area contributed by atoms with Crippen LogP contribution in [-0.2, 0) is 15.8 Å². The molecule has 2 aliphatic rings. The van der Waals surface area contributed by atoms with Gasteiger partial charge in [0.2, 0.25) is 5.91 Å². The van der Waals surface area contributed by atoms with Gasteiger partial charge in [-0.1, -0.05) is 11.8 Å². The minimum atomic E-state index is -4.47. The van der Waals surface area contributed by atoms with Crippen molar-refractivity contribution >= 4 is 29.3 Å². The number of nitrogens with one attached hydrogen (secondary N) is 1. The maximum atomic E-state index is 12.7. The van der Waals surface area contributed by atoms with Crippen LogP contribution in [0.3, 0.4) is 0 Å². The standard InChI is InChI=1S/C16H15F3N2O2S/c17-16(18,19)10-4-5-12-11(8-10)20-15(23)13(24-12)9-14(22)21-6-2-1-3-7-21/h4-5,8-9H,1-3,6-7H2,(H,20,23)/b13-9+. The Morgan fingerprint density at radius 1 is 1.21 bits per heavy atom. The molecular formula is C16H15F3N2O2S. The van der Waals surface area contributed by atoms with Gasteiger partial charge in [-0.15, -0.1) is 0 Å². The molecule has 2 amide bonds. The molecule has 1 saturated heterocycles. The normalized spacial score (nSPS) is 19.9. The second-order valence-corrected chi connectivity index (χ2v) is 6.74. The van der Waals surface area contributed by atoms with Crippen molar-refractivity contribution < 1.29 is 22.8 Å². The van der Waals surface area contributed by atoms with Gasteiger partial charge in [0.1, 0.15) is 0 Å². The number of fused-ring (bicyclic) bond motifs is 1. The van der Waals surface area contributed by atoms with Crippen LogP contribution in [0, 0.1) is 0 Å². The van der Waals surface area contributed by atoms with Crippen molar-refractivity contribution in [2.24, 2.45) is 0 Å². The lowest BCUT2D eigenvalue weighted by molar-refractivity contribution is -0.137. The first-order valence-electron chi connectivity index (χ1n) is 7.55. The third-order valence-corrected chi connectivity index (χ3v) is 5.02. The Kier molecular flexibility index (Phi) is 4.58. The molecule has 1 fully saturated rings. The van der Waals surface area contributed by atoms with Gasteiger partial charge >= 0.3 is 6.18 Å². The Hall–Kier alpha value is -1.96. The highest BCUT2D eigenvalue weighted by Gasteiger charge is 2.32. The molecule has 128 valence electrons. The molecule has 0 bridgehead atoms. The van der Waals surface area contributed by atoms with E-state index in [0.29, 0.717) is 18.0 Å². The quantitative estimate of drug-likeness (QED) is 0.782. The Bertz CT molecular complexity index is 710. The smallest absolute Gasteiger partial charge is 0.339 e. The minimum absolute atomic E-state index is 0.113. The number of carbonyl (C=O) groups excluding carboxylic acids is 2. The Balaban J connectivity index is 1.80. The second-order valence-electron chi connectivity index (χ2n) is 5.66. The summed E-state index contributed by atoms with van der Waals surface area (Å²) in [6, 6.07) is 3.18. The molecule has 0 atom stereocenters. The number of thioether (sulfide) groups is 1. The molecule has 24 heavy (non-hydrogen) atoms. The van der Waals surface area contributed by atoms with Crippen molar-refractivity contribution in [3.8, 4) is 0 Å². The number of nitrogens with zero attached hydrogens (tertiary/aromatic N) is 1. The van der Waals surface area contributed by atoms with Crippen molar-refractivity contribution in [1.82, 2.24) is 4.90 Å². The highest BCUT2D eigenvalue weighted by atomic mass is 32.2. The van der Waals surface area contributed by atoms with Crippen molar-refractivity contribution in [1.29, 1.82) is 0 Å². The molecule has 8 heteroatoms.